The van der Waals surface area contributed by atoms with Crippen molar-refractivity contribution in [2.24, 2.45) is 5.41 Å². The van der Waals surface area contributed by atoms with Crippen molar-refractivity contribution in [1.82, 2.24) is 0 Å². The van der Waals surface area contributed by atoms with Crippen LogP contribution in [0, 0.1) is 5.41 Å². The van der Waals surface area contributed by atoms with E-state index in [1.807, 2.05) is 24.3 Å². The summed E-state index contributed by atoms with van der Waals surface area (Å²) in [5.74, 6) is -0.792. The first kappa shape index (κ1) is 17.3. The molecule has 0 saturated heterocycles. The molecule has 136 valence electrons. The van der Waals surface area contributed by atoms with Gasteiger partial charge in [-0.1, -0.05) is 57.2 Å². The minimum absolute atomic E-state index is 0.112. The highest BCUT2D eigenvalue weighted by molar-refractivity contribution is 6.21. The Morgan fingerprint density at radius 3 is 2.41 bits per heavy atom. The van der Waals surface area contributed by atoms with Crippen molar-refractivity contribution >= 4 is 28.6 Å². The molecule has 1 aromatic heterocycles. The average Bonchev–Trinajstić information content (AvgIpc) is 2.76. The van der Waals surface area contributed by atoms with E-state index in [0.717, 1.165) is 5.56 Å². The van der Waals surface area contributed by atoms with E-state index < -0.39 is 5.97 Å². The second-order valence-corrected chi connectivity index (χ2v) is 7.95. The summed E-state index contributed by atoms with van der Waals surface area (Å²) in [5.41, 5.74) is 1.94. The summed E-state index contributed by atoms with van der Waals surface area (Å²) in [5, 5.41) is 10.3. The van der Waals surface area contributed by atoms with Crippen LogP contribution in [0.5, 0.6) is 0 Å². The Morgan fingerprint density at radius 2 is 1.70 bits per heavy atom. The molecule has 0 radical (unpaired) electrons. The van der Waals surface area contributed by atoms with Crippen LogP contribution >= 0.6 is 0 Å². The van der Waals surface area contributed by atoms with Gasteiger partial charge in [-0.3, -0.25) is 4.79 Å². The molecule has 4 nitrogen and oxygen atoms in total. The number of carboxylic acid groups (broad SMARTS) is 1. The molecule has 3 aromatic rings. The van der Waals surface area contributed by atoms with Crippen LogP contribution in [-0.2, 0) is 4.79 Å². The molecule has 0 aliphatic heterocycles. The van der Waals surface area contributed by atoms with Gasteiger partial charge in [0, 0.05) is 5.92 Å². The van der Waals surface area contributed by atoms with Crippen molar-refractivity contribution in [1.29, 1.82) is 0 Å². The second kappa shape index (κ2) is 5.95. The number of fused-ring (bicyclic) bond motifs is 3. The van der Waals surface area contributed by atoms with Crippen LogP contribution in [0.4, 0.5) is 0 Å². The highest BCUT2D eigenvalue weighted by Crippen LogP contribution is 2.46. The Hall–Kier alpha value is -3.14. The van der Waals surface area contributed by atoms with Gasteiger partial charge < -0.3 is 9.52 Å². The first-order valence-electron chi connectivity index (χ1n) is 8.89. The maximum atomic E-state index is 13.2. The third-order valence-corrected chi connectivity index (χ3v) is 5.07. The number of carboxylic acids is 1. The van der Waals surface area contributed by atoms with Crippen molar-refractivity contribution in [3.63, 3.8) is 0 Å². The predicted octanol–water partition coefficient (Wildman–Crippen LogP) is 4.91. The van der Waals surface area contributed by atoms with E-state index in [2.05, 4.69) is 20.8 Å². The van der Waals surface area contributed by atoms with Crippen molar-refractivity contribution in [2.75, 3.05) is 0 Å². The number of para-hydroxylation sites is 1. The summed E-state index contributed by atoms with van der Waals surface area (Å²) < 4.78 is 6.23. The fourth-order valence-corrected chi connectivity index (χ4v) is 3.92. The third kappa shape index (κ3) is 2.69. The molecule has 27 heavy (non-hydrogen) atoms. The zero-order valence-electron chi connectivity index (χ0n) is 15.4. The molecule has 0 amide bonds. The molecule has 2 aromatic carbocycles. The van der Waals surface area contributed by atoms with Gasteiger partial charge in [-0.25, -0.2) is 4.79 Å². The lowest BCUT2D eigenvalue weighted by molar-refractivity contribution is -0.130. The molecule has 0 spiro atoms. The fourth-order valence-electron chi connectivity index (χ4n) is 3.92. The van der Waals surface area contributed by atoms with E-state index >= 15 is 0 Å². The minimum Gasteiger partial charge on any atom is -0.478 e. The SMILES string of the molecule is CC(C)(C)C1c2ccccc2C(C(=O)O)=Cc2c1oc1ccccc1c2=O. The molecule has 1 atom stereocenters. The summed E-state index contributed by atoms with van der Waals surface area (Å²) in [7, 11) is 0. The number of hydrogen-bond donors (Lipinski definition) is 1. The van der Waals surface area contributed by atoms with Gasteiger partial charge in [0.05, 0.1) is 16.5 Å². The smallest absolute Gasteiger partial charge is 0.336 e. The van der Waals surface area contributed by atoms with Crippen LogP contribution in [-0.4, -0.2) is 11.1 Å². The molecule has 1 N–H and O–H groups in total. The third-order valence-electron chi connectivity index (χ3n) is 5.07. The van der Waals surface area contributed by atoms with Crippen molar-refractivity contribution < 1.29 is 14.3 Å². The molecule has 4 rings (SSSR count). The lowest BCUT2D eigenvalue weighted by Gasteiger charge is -2.31. The zero-order valence-corrected chi connectivity index (χ0v) is 15.4. The summed E-state index contributed by atoms with van der Waals surface area (Å²) in [6.45, 7) is 6.21. The van der Waals surface area contributed by atoms with Crippen molar-refractivity contribution in [2.45, 2.75) is 26.7 Å². The lowest BCUT2D eigenvalue weighted by atomic mass is 9.73. The minimum atomic E-state index is -1.06. The standard InChI is InChI=1S/C23H20O4/c1-23(2,3)19-14-9-5-4-8-13(14)16(22(25)26)12-17-20(24)15-10-6-7-11-18(15)27-21(17)19/h4-12,19H,1-3H3,(H,25,26). The zero-order chi connectivity index (χ0) is 19.3. The first-order chi connectivity index (χ1) is 12.8. The van der Waals surface area contributed by atoms with E-state index in [0.29, 0.717) is 27.9 Å². The quantitative estimate of drug-likeness (QED) is 0.669. The number of carbonyl (C=O) groups is 1. The highest BCUT2D eigenvalue weighted by atomic mass is 16.4. The largest absolute Gasteiger partial charge is 0.478 e. The summed E-state index contributed by atoms with van der Waals surface area (Å²) in [6.07, 6.45) is 1.47. The predicted molar refractivity (Wildman–Crippen MR) is 106 cm³/mol. The van der Waals surface area contributed by atoms with Crippen LogP contribution in [0.15, 0.2) is 57.7 Å². The Morgan fingerprint density at radius 1 is 1.04 bits per heavy atom. The molecular weight excluding hydrogens is 340 g/mol. The lowest BCUT2D eigenvalue weighted by Crippen LogP contribution is -2.23. The number of hydrogen-bond acceptors (Lipinski definition) is 3. The molecule has 1 aliphatic carbocycles. The summed E-state index contributed by atoms with van der Waals surface area (Å²) in [6, 6.07) is 14.5. The normalized spacial score (nSPS) is 16.3. The van der Waals surface area contributed by atoms with E-state index in [4.69, 9.17) is 4.42 Å². The molecule has 1 heterocycles. The second-order valence-electron chi connectivity index (χ2n) is 7.95. The molecular formula is C23H20O4. The highest BCUT2D eigenvalue weighted by Gasteiger charge is 2.37. The Kier molecular flexibility index (Phi) is 3.81. The average molecular weight is 360 g/mol. The maximum absolute atomic E-state index is 13.2. The number of rotatable bonds is 1. The molecule has 1 unspecified atom stereocenters. The summed E-state index contributed by atoms with van der Waals surface area (Å²) >= 11 is 0. The van der Waals surface area contributed by atoms with Gasteiger partial charge in [0.2, 0.25) is 0 Å². The van der Waals surface area contributed by atoms with Gasteiger partial charge in [-0.2, -0.15) is 0 Å². The fraction of sp³-hybridized carbons (Fsp3) is 0.217. The van der Waals surface area contributed by atoms with Crippen LogP contribution in [0.1, 0.15) is 49.1 Å². The van der Waals surface area contributed by atoms with E-state index in [9.17, 15) is 14.7 Å². The molecule has 0 fully saturated rings. The number of benzene rings is 2. The molecule has 4 heteroatoms. The van der Waals surface area contributed by atoms with Gasteiger partial charge in [0.25, 0.3) is 0 Å². The van der Waals surface area contributed by atoms with Crippen LogP contribution in [0.25, 0.3) is 22.6 Å². The Balaban J connectivity index is 2.21. The Labute approximate surface area is 156 Å². The van der Waals surface area contributed by atoms with Gasteiger partial charge in [-0.15, -0.1) is 0 Å². The summed E-state index contributed by atoms with van der Waals surface area (Å²) in [4.78, 5) is 25.2. The topological polar surface area (TPSA) is 67.5 Å². The van der Waals surface area contributed by atoms with Gasteiger partial charge in [0.1, 0.15) is 11.3 Å². The monoisotopic (exact) mass is 360 g/mol. The van der Waals surface area contributed by atoms with Crippen molar-refractivity contribution in [3.8, 4) is 0 Å². The first-order valence-corrected chi connectivity index (χ1v) is 8.89. The van der Waals surface area contributed by atoms with Crippen LogP contribution in [0.3, 0.4) is 0 Å². The van der Waals surface area contributed by atoms with Crippen LogP contribution in [0.2, 0.25) is 0 Å². The molecule has 0 bridgehead atoms. The Bertz CT molecular complexity index is 1160. The van der Waals surface area contributed by atoms with Crippen LogP contribution < -0.4 is 5.43 Å². The van der Waals surface area contributed by atoms with Gasteiger partial charge in [-0.05, 0) is 34.8 Å². The maximum Gasteiger partial charge on any atom is 0.336 e. The van der Waals surface area contributed by atoms with Crippen molar-refractivity contribution in [3.05, 3.63) is 81.2 Å². The molecule has 1 aliphatic rings. The van der Waals surface area contributed by atoms with E-state index in [-0.39, 0.29) is 22.3 Å². The number of aliphatic carboxylic acids is 1. The van der Waals surface area contributed by atoms with E-state index in [1.54, 1.807) is 24.3 Å². The van der Waals surface area contributed by atoms with E-state index in [1.165, 1.54) is 6.08 Å². The molecule has 0 saturated carbocycles. The van der Waals surface area contributed by atoms with Gasteiger partial charge in [0.15, 0.2) is 5.43 Å². The van der Waals surface area contributed by atoms with Gasteiger partial charge >= 0.3 is 5.97 Å².